The third-order valence-electron chi connectivity index (χ3n) is 3.68. The Hall–Kier alpha value is -0.760. The van der Waals surface area contributed by atoms with E-state index in [1.165, 1.54) is 33.4 Å². The van der Waals surface area contributed by atoms with E-state index in [2.05, 4.69) is 74.5 Å². The number of hydrogen-bond acceptors (Lipinski definition) is 0. The average Bonchev–Trinajstić information content (AvgIpc) is 3.02. The van der Waals surface area contributed by atoms with E-state index in [1.807, 2.05) is 6.07 Å². The summed E-state index contributed by atoms with van der Waals surface area (Å²) in [4.78, 5) is 0. The van der Waals surface area contributed by atoms with Crippen LogP contribution in [-0.4, -0.2) is 0 Å². The van der Waals surface area contributed by atoms with Crippen molar-refractivity contribution in [2.75, 3.05) is 0 Å². The van der Waals surface area contributed by atoms with Crippen molar-refractivity contribution >= 4 is 0 Å². The summed E-state index contributed by atoms with van der Waals surface area (Å²) < 4.78 is 0. The summed E-state index contributed by atoms with van der Waals surface area (Å²) in [7, 11) is 0. The third-order valence-corrected chi connectivity index (χ3v) is 3.68. The molecule has 0 heterocycles. The Morgan fingerprint density at radius 1 is 0.826 bits per heavy atom. The Bertz CT molecular complexity index is 672. The van der Waals surface area contributed by atoms with E-state index < -0.39 is 0 Å². The quantitative estimate of drug-likeness (QED) is 0.214. The van der Waals surface area contributed by atoms with Gasteiger partial charge in [-0.15, -0.1) is 5.56 Å². The van der Waals surface area contributed by atoms with Gasteiger partial charge in [-0.1, -0.05) is 49.2 Å². The van der Waals surface area contributed by atoms with E-state index in [0.717, 1.165) is 6.42 Å². The van der Waals surface area contributed by atoms with E-state index in [4.69, 9.17) is 0 Å². The predicted molar refractivity (Wildman–Crippen MR) is 85.0 cm³/mol. The van der Waals surface area contributed by atoms with E-state index in [-0.39, 0.29) is 50.7 Å². The van der Waals surface area contributed by atoms with Crippen molar-refractivity contribution in [1.82, 2.24) is 0 Å². The zero-order chi connectivity index (χ0) is 13.9. The fraction of sp³-hybridized carbons (Fsp3) is 0.150. The summed E-state index contributed by atoms with van der Waals surface area (Å²) >= 11 is 0. The average molecular weight is 508 g/mol. The summed E-state index contributed by atoms with van der Waals surface area (Å²) in [5, 5.41) is 0. The molecule has 0 aromatic heterocycles. The Morgan fingerprint density at radius 3 is 2.04 bits per heavy atom. The molecule has 0 nitrogen and oxygen atoms in total. The van der Waals surface area contributed by atoms with Gasteiger partial charge in [0.15, 0.2) is 0 Å². The van der Waals surface area contributed by atoms with E-state index in [1.54, 1.807) is 0 Å². The van der Waals surface area contributed by atoms with Gasteiger partial charge < -0.3 is 24.8 Å². The molecule has 3 aromatic carbocycles. The predicted octanol–water partition coefficient (Wildman–Crippen LogP) is -0.914. The molecule has 0 N–H and O–H groups in total. The molecule has 0 saturated heterocycles. The van der Waals surface area contributed by atoms with Crippen molar-refractivity contribution in [1.29, 1.82) is 0 Å². The maximum atomic E-state index is 3.30. The molecule has 0 aliphatic heterocycles. The van der Waals surface area contributed by atoms with Crippen LogP contribution in [0.15, 0.2) is 60.7 Å². The molecule has 0 saturated carbocycles. The fourth-order valence-corrected chi connectivity index (χ4v) is 2.72. The minimum absolute atomic E-state index is 0. The van der Waals surface area contributed by atoms with Crippen LogP contribution < -0.4 is 24.8 Å². The van der Waals surface area contributed by atoms with Gasteiger partial charge in [0.05, 0.1) is 0 Å². The van der Waals surface area contributed by atoms with Crippen molar-refractivity contribution in [3.8, 4) is 11.1 Å². The maximum absolute atomic E-state index is 3.30. The van der Waals surface area contributed by atoms with Crippen molar-refractivity contribution in [2.45, 2.75) is 20.3 Å². The van der Waals surface area contributed by atoms with Gasteiger partial charge >= 0.3 is 25.8 Å². The van der Waals surface area contributed by atoms with Gasteiger partial charge in [-0.2, -0.15) is 47.0 Å². The molecule has 3 heteroatoms. The van der Waals surface area contributed by atoms with Gasteiger partial charge in [0.1, 0.15) is 0 Å². The Kier molecular flexibility index (Phi) is 9.84. The summed E-state index contributed by atoms with van der Waals surface area (Å²) in [6.07, 6.45) is 1.05. The van der Waals surface area contributed by atoms with Crippen LogP contribution in [0.1, 0.15) is 22.3 Å². The van der Waals surface area contributed by atoms with E-state index in [0.29, 0.717) is 0 Å². The van der Waals surface area contributed by atoms with Crippen molar-refractivity contribution in [3.05, 3.63) is 89.0 Å². The fourth-order valence-electron chi connectivity index (χ4n) is 2.72. The first-order chi connectivity index (χ1) is 9.74. The summed E-state index contributed by atoms with van der Waals surface area (Å²) in [5.74, 6) is 0. The normalized spacial score (nSPS) is 9.83. The monoisotopic (exact) mass is 508 g/mol. The van der Waals surface area contributed by atoms with Gasteiger partial charge in [0, 0.05) is 0 Å². The summed E-state index contributed by atoms with van der Waals surface area (Å²) in [6, 6.07) is 24.5. The van der Waals surface area contributed by atoms with Gasteiger partial charge in [-0.25, -0.2) is 12.1 Å². The number of aryl methyl sites for hydroxylation is 2. The molecular formula is C20H18Cl2Hf. The van der Waals surface area contributed by atoms with Crippen LogP contribution in [-0.2, 0) is 32.3 Å². The molecule has 4 rings (SSSR count). The maximum Gasteiger partial charge on any atom is 4.00 e. The molecule has 0 unspecified atom stereocenters. The van der Waals surface area contributed by atoms with Crippen LogP contribution in [0.4, 0.5) is 0 Å². The molecular weight excluding hydrogens is 490 g/mol. The number of fused-ring (bicyclic) bond motifs is 3. The van der Waals surface area contributed by atoms with Gasteiger partial charge in [0.25, 0.3) is 0 Å². The number of benzene rings is 2. The topological polar surface area (TPSA) is 0 Å². The van der Waals surface area contributed by atoms with Crippen LogP contribution in [0, 0.1) is 19.9 Å². The summed E-state index contributed by atoms with van der Waals surface area (Å²) in [6.45, 7) is 4.21. The smallest absolute Gasteiger partial charge is 1.00 e. The van der Waals surface area contributed by atoms with Crippen molar-refractivity contribution in [2.24, 2.45) is 0 Å². The molecule has 0 radical (unpaired) electrons. The van der Waals surface area contributed by atoms with Gasteiger partial charge in [-0.05, 0) is 6.42 Å². The molecule has 1 aliphatic carbocycles. The van der Waals surface area contributed by atoms with Crippen LogP contribution in [0.2, 0.25) is 0 Å². The largest absolute Gasteiger partial charge is 4.00 e. The first-order valence-corrected chi connectivity index (χ1v) is 7.02. The zero-order valence-corrected chi connectivity index (χ0v) is 18.3. The minimum Gasteiger partial charge on any atom is -1.00 e. The molecule has 116 valence electrons. The molecule has 0 atom stereocenters. The molecule has 0 bridgehead atoms. The van der Waals surface area contributed by atoms with Crippen LogP contribution in [0.25, 0.3) is 11.1 Å². The van der Waals surface area contributed by atoms with E-state index >= 15 is 0 Å². The molecule has 23 heavy (non-hydrogen) atoms. The second kappa shape index (κ2) is 10.2. The SMILES string of the molecule is Cc1ccc(C)[cH-]1.[Cl-].[Cl-].[Hf+4].[c-]1cccc2c1Cc1ccccc1-2. The molecule has 0 amide bonds. The molecule has 1 aliphatic rings. The Balaban J connectivity index is 0.000000426. The minimum atomic E-state index is 0. The Morgan fingerprint density at radius 2 is 1.43 bits per heavy atom. The second-order valence-corrected chi connectivity index (χ2v) is 5.36. The third kappa shape index (κ3) is 5.38. The first-order valence-electron chi connectivity index (χ1n) is 7.02. The summed E-state index contributed by atoms with van der Waals surface area (Å²) in [5.41, 5.74) is 8.23. The molecule has 0 fully saturated rings. The molecule has 3 aromatic rings. The van der Waals surface area contributed by atoms with Crippen LogP contribution in [0.5, 0.6) is 0 Å². The Labute approximate surface area is 170 Å². The van der Waals surface area contributed by atoms with Crippen molar-refractivity contribution < 1.29 is 50.7 Å². The first kappa shape index (κ1) is 22.2. The number of rotatable bonds is 0. The standard InChI is InChI=1S/C13H9.C7H9.2ClH.Hf/c1-3-7-12-10(5-1)9-11-6-2-4-8-13(11)12;1-6-3-4-7(2)5-6;;;/h1-5,7-8H,9H2;3-5H,1-2H3;2*1H;/q2*-1;;;+4/p-2. The van der Waals surface area contributed by atoms with Gasteiger partial charge in [0.2, 0.25) is 0 Å². The van der Waals surface area contributed by atoms with Gasteiger partial charge in [-0.3, -0.25) is 0 Å². The van der Waals surface area contributed by atoms with E-state index in [9.17, 15) is 0 Å². The van der Waals surface area contributed by atoms with Crippen molar-refractivity contribution in [3.63, 3.8) is 0 Å². The zero-order valence-electron chi connectivity index (χ0n) is 13.2. The van der Waals surface area contributed by atoms with Crippen LogP contribution >= 0.6 is 0 Å². The number of hydrogen-bond donors (Lipinski definition) is 0. The second-order valence-electron chi connectivity index (χ2n) is 5.36. The van der Waals surface area contributed by atoms with Crippen LogP contribution in [0.3, 0.4) is 0 Å². The molecule has 0 spiro atoms. The number of halogens is 2.